The van der Waals surface area contributed by atoms with Crippen molar-refractivity contribution in [2.45, 2.75) is 32.7 Å². The van der Waals surface area contributed by atoms with Gasteiger partial charge in [0.1, 0.15) is 0 Å². The van der Waals surface area contributed by atoms with Crippen LogP contribution in [0.1, 0.15) is 37.3 Å². The molecule has 0 bridgehead atoms. The summed E-state index contributed by atoms with van der Waals surface area (Å²) < 4.78 is 10.8. The zero-order valence-electron chi connectivity index (χ0n) is 18.5. The van der Waals surface area contributed by atoms with Crippen molar-refractivity contribution in [2.24, 2.45) is 17.3 Å². The summed E-state index contributed by atoms with van der Waals surface area (Å²) in [6, 6.07) is 19.2. The Kier molecular flexibility index (Phi) is 6.31. The molecule has 0 N–H and O–H groups in total. The van der Waals surface area contributed by atoms with Crippen molar-refractivity contribution >= 4 is 17.8 Å². The number of hydrogen-bond donors (Lipinski definition) is 0. The Morgan fingerprint density at radius 3 is 2.03 bits per heavy atom. The number of carbonyl (C=O) groups excluding carboxylic acids is 3. The topological polar surface area (TPSA) is 72.9 Å². The van der Waals surface area contributed by atoms with Gasteiger partial charge in [0, 0.05) is 19.0 Å². The van der Waals surface area contributed by atoms with Crippen LogP contribution in [0.15, 0.2) is 60.7 Å². The zero-order valence-corrected chi connectivity index (χ0v) is 18.5. The molecule has 4 rings (SSSR count). The van der Waals surface area contributed by atoms with E-state index in [1.807, 2.05) is 60.7 Å². The number of nitrogens with zero attached hydrogens (tertiary/aromatic N) is 1. The predicted octanol–water partition coefficient (Wildman–Crippen LogP) is 3.56. The summed E-state index contributed by atoms with van der Waals surface area (Å²) in [4.78, 5) is 42.3. The van der Waals surface area contributed by atoms with Crippen LogP contribution in [0.4, 0.5) is 0 Å². The molecule has 0 aromatic heterocycles. The van der Waals surface area contributed by atoms with Gasteiger partial charge in [0.25, 0.3) is 0 Å². The first kappa shape index (κ1) is 22.1. The molecule has 2 fully saturated rings. The van der Waals surface area contributed by atoms with Crippen molar-refractivity contribution in [3.8, 4) is 0 Å². The van der Waals surface area contributed by atoms with Crippen molar-refractivity contribution < 1.29 is 23.9 Å². The molecule has 32 heavy (non-hydrogen) atoms. The minimum atomic E-state index is -1.66. The van der Waals surface area contributed by atoms with Crippen LogP contribution >= 0.6 is 0 Å². The van der Waals surface area contributed by atoms with Gasteiger partial charge in [-0.3, -0.25) is 14.4 Å². The second-order valence-corrected chi connectivity index (χ2v) is 8.37. The summed E-state index contributed by atoms with van der Waals surface area (Å²) in [7, 11) is 0. The standard InChI is InChI=1S/C26H29NO5/c1-3-31-24(29)26(25(30)32-4-2)21(19-13-9-6-10-14-19)20-15-16-27(23(28)22(20)26)17-18-11-7-5-8-12-18/h5-14,20-22H,3-4,15-17H2,1-2H3/t20-,21-,22-/m1/s1. The average molecular weight is 436 g/mol. The highest BCUT2D eigenvalue weighted by Crippen LogP contribution is 2.65. The molecule has 6 heteroatoms. The second kappa shape index (κ2) is 9.15. The Hall–Kier alpha value is -3.15. The largest absolute Gasteiger partial charge is 0.465 e. The van der Waals surface area contributed by atoms with E-state index >= 15 is 0 Å². The molecular formula is C26H29NO5. The van der Waals surface area contributed by atoms with Gasteiger partial charge in [0.15, 0.2) is 5.41 Å². The molecule has 2 aromatic rings. The average Bonchev–Trinajstić information content (AvgIpc) is 2.78. The third-order valence-corrected chi connectivity index (χ3v) is 6.75. The number of ether oxygens (including phenoxy) is 2. The molecule has 1 heterocycles. The number of carbonyl (C=O) groups is 3. The van der Waals surface area contributed by atoms with Crippen molar-refractivity contribution in [1.29, 1.82) is 0 Å². The normalized spacial score (nSPS) is 23.6. The summed E-state index contributed by atoms with van der Waals surface area (Å²) in [5.41, 5.74) is 0.208. The zero-order chi connectivity index (χ0) is 22.7. The summed E-state index contributed by atoms with van der Waals surface area (Å²) in [5, 5.41) is 0. The molecule has 6 nitrogen and oxygen atoms in total. The van der Waals surface area contributed by atoms with Gasteiger partial charge in [-0.05, 0) is 37.3 Å². The monoisotopic (exact) mass is 435 g/mol. The highest BCUT2D eigenvalue weighted by atomic mass is 16.6. The van der Waals surface area contributed by atoms with Gasteiger partial charge >= 0.3 is 11.9 Å². The maximum Gasteiger partial charge on any atom is 0.324 e. The Bertz CT molecular complexity index is 956. The lowest BCUT2D eigenvalue weighted by atomic mass is 9.42. The highest BCUT2D eigenvalue weighted by molar-refractivity contribution is 6.08. The lowest BCUT2D eigenvalue weighted by Crippen LogP contribution is -2.70. The first-order valence-electron chi connectivity index (χ1n) is 11.3. The molecule has 1 saturated carbocycles. The van der Waals surface area contributed by atoms with Crippen LogP contribution < -0.4 is 0 Å². The molecule has 3 atom stereocenters. The number of hydrogen-bond acceptors (Lipinski definition) is 5. The van der Waals surface area contributed by atoms with E-state index in [-0.39, 0.29) is 25.0 Å². The smallest absolute Gasteiger partial charge is 0.324 e. The fraction of sp³-hybridized carbons (Fsp3) is 0.423. The van der Waals surface area contributed by atoms with Gasteiger partial charge in [-0.15, -0.1) is 0 Å². The number of fused-ring (bicyclic) bond motifs is 1. The van der Waals surface area contributed by atoms with Crippen LogP contribution in [0.3, 0.4) is 0 Å². The predicted molar refractivity (Wildman–Crippen MR) is 118 cm³/mol. The molecule has 1 aliphatic carbocycles. The molecule has 1 saturated heterocycles. The van der Waals surface area contributed by atoms with E-state index in [2.05, 4.69) is 0 Å². The van der Waals surface area contributed by atoms with Crippen LogP contribution in [-0.4, -0.2) is 42.5 Å². The summed E-state index contributed by atoms with van der Waals surface area (Å²) in [5.74, 6) is -2.87. The van der Waals surface area contributed by atoms with Crippen LogP contribution in [0.2, 0.25) is 0 Å². The van der Waals surface area contributed by atoms with Crippen molar-refractivity contribution in [1.82, 2.24) is 4.90 Å². The lowest BCUT2D eigenvalue weighted by Gasteiger charge is -2.60. The van der Waals surface area contributed by atoms with Crippen molar-refractivity contribution in [3.05, 3.63) is 71.8 Å². The molecule has 1 aliphatic heterocycles. The number of amides is 1. The lowest BCUT2D eigenvalue weighted by molar-refractivity contribution is -0.209. The summed E-state index contributed by atoms with van der Waals surface area (Å²) >= 11 is 0. The second-order valence-electron chi connectivity index (χ2n) is 8.37. The van der Waals surface area contributed by atoms with Crippen LogP contribution in [0.5, 0.6) is 0 Å². The Labute approximate surface area is 188 Å². The molecule has 168 valence electrons. The number of likely N-dealkylation sites (tertiary alicyclic amines) is 1. The van der Waals surface area contributed by atoms with Gasteiger partial charge in [0.05, 0.1) is 19.1 Å². The Morgan fingerprint density at radius 2 is 1.47 bits per heavy atom. The molecular weight excluding hydrogens is 406 g/mol. The van der Waals surface area contributed by atoms with E-state index in [0.717, 1.165) is 11.1 Å². The third-order valence-electron chi connectivity index (χ3n) is 6.75. The minimum Gasteiger partial charge on any atom is -0.465 e. The van der Waals surface area contributed by atoms with E-state index in [1.54, 1.807) is 18.7 Å². The first-order valence-corrected chi connectivity index (χ1v) is 11.3. The van der Waals surface area contributed by atoms with Crippen LogP contribution in [0.25, 0.3) is 0 Å². The van der Waals surface area contributed by atoms with Gasteiger partial charge in [0.2, 0.25) is 5.91 Å². The van der Waals surface area contributed by atoms with Crippen LogP contribution in [-0.2, 0) is 30.4 Å². The SMILES string of the molecule is CCOC(=O)C1(C(=O)OCC)[C@H](c2ccccc2)[C@H]2CCN(Cc3ccccc3)C(=O)[C@@H]21. The third kappa shape index (κ3) is 3.48. The Balaban J connectivity index is 1.76. The van der Waals surface area contributed by atoms with Crippen molar-refractivity contribution in [3.63, 3.8) is 0 Å². The molecule has 0 spiro atoms. The summed E-state index contributed by atoms with van der Waals surface area (Å²) in [6.07, 6.45) is 0.712. The number of esters is 2. The van der Waals surface area contributed by atoms with Gasteiger partial charge in [-0.2, -0.15) is 0 Å². The maximum atomic E-state index is 13.7. The molecule has 0 radical (unpaired) electrons. The molecule has 2 aliphatic rings. The van der Waals surface area contributed by atoms with Crippen LogP contribution in [0, 0.1) is 17.3 Å². The Morgan fingerprint density at radius 1 is 0.906 bits per heavy atom. The van der Waals surface area contributed by atoms with Gasteiger partial charge in [-0.1, -0.05) is 60.7 Å². The van der Waals surface area contributed by atoms with Crippen molar-refractivity contribution in [2.75, 3.05) is 19.8 Å². The molecule has 2 aromatic carbocycles. The van der Waals surface area contributed by atoms with E-state index < -0.39 is 29.2 Å². The minimum absolute atomic E-state index is 0.120. The molecule has 0 unspecified atom stereocenters. The number of rotatable bonds is 7. The van der Waals surface area contributed by atoms with Gasteiger partial charge < -0.3 is 14.4 Å². The van der Waals surface area contributed by atoms with Gasteiger partial charge in [-0.25, -0.2) is 0 Å². The quantitative estimate of drug-likeness (QED) is 0.491. The fourth-order valence-corrected chi connectivity index (χ4v) is 5.49. The van der Waals surface area contributed by atoms with E-state index in [4.69, 9.17) is 9.47 Å². The fourth-order valence-electron chi connectivity index (χ4n) is 5.49. The van der Waals surface area contributed by atoms with E-state index in [0.29, 0.717) is 19.5 Å². The maximum absolute atomic E-state index is 13.7. The van der Waals surface area contributed by atoms with E-state index in [9.17, 15) is 14.4 Å². The summed E-state index contributed by atoms with van der Waals surface area (Å²) in [6.45, 7) is 4.69. The first-order chi connectivity index (χ1) is 15.6. The number of piperidine rings is 1. The molecule has 1 amide bonds. The number of benzene rings is 2. The van der Waals surface area contributed by atoms with E-state index in [1.165, 1.54) is 0 Å². The highest BCUT2D eigenvalue weighted by Gasteiger charge is 2.76.